The minimum absolute atomic E-state index is 0.108. The molecule has 0 heterocycles. The Morgan fingerprint density at radius 1 is 1.31 bits per heavy atom. The zero-order valence-electron chi connectivity index (χ0n) is 10.3. The van der Waals surface area contributed by atoms with Crippen LogP contribution in [-0.4, -0.2) is 11.1 Å². The van der Waals surface area contributed by atoms with E-state index in [2.05, 4.69) is 13.0 Å². The Kier molecular flexibility index (Phi) is 2.59. The fourth-order valence-electron chi connectivity index (χ4n) is 2.56. The maximum absolute atomic E-state index is 10.2. The van der Waals surface area contributed by atoms with Gasteiger partial charge in [-0.3, -0.25) is 0 Å². The quantitative estimate of drug-likeness (QED) is 0.819. The van der Waals surface area contributed by atoms with Gasteiger partial charge in [-0.15, -0.1) is 0 Å². The average Bonchev–Trinajstić information content (AvgIpc) is 2.97. The van der Waals surface area contributed by atoms with Crippen LogP contribution in [0.4, 0.5) is 0 Å². The minimum atomic E-state index is -0.791. The van der Waals surface area contributed by atoms with Crippen LogP contribution in [0.25, 0.3) is 0 Å². The molecule has 1 aliphatic rings. The summed E-state index contributed by atoms with van der Waals surface area (Å²) in [6.45, 7) is 5.74. The Bertz CT molecular complexity index is 386. The van der Waals surface area contributed by atoms with Crippen LogP contribution in [0.2, 0.25) is 0 Å². The zero-order chi connectivity index (χ0) is 12.0. The van der Waals surface area contributed by atoms with Crippen molar-refractivity contribution in [1.82, 2.24) is 0 Å². The molecule has 2 heteroatoms. The van der Waals surface area contributed by atoms with Crippen LogP contribution in [0.3, 0.4) is 0 Å². The maximum Gasteiger partial charge on any atom is 0.0843 e. The van der Waals surface area contributed by atoms with Gasteiger partial charge in [-0.25, -0.2) is 0 Å². The van der Waals surface area contributed by atoms with E-state index in [1.807, 2.05) is 32.0 Å². The zero-order valence-corrected chi connectivity index (χ0v) is 10.3. The number of aliphatic hydroxyl groups is 1. The Hall–Kier alpha value is -0.860. The number of nitrogens with two attached hydrogens (primary N) is 1. The minimum Gasteiger partial charge on any atom is -0.386 e. The molecule has 1 aliphatic carbocycles. The first-order valence-corrected chi connectivity index (χ1v) is 5.96. The standard InChI is InChI=1S/C14H21NO/c1-10(15)14(8-9-14)12-7-5-4-6-11(12)13(2,3)16/h4-7,10,16H,8-9,15H2,1-3H3. The summed E-state index contributed by atoms with van der Waals surface area (Å²) in [7, 11) is 0. The average molecular weight is 219 g/mol. The Morgan fingerprint density at radius 2 is 1.88 bits per heavy atom. The van der Waals surface area contributed by atoms with Crippen LogP contribution in [-0.2, 0) is 11.0 Å². The van der Waals surface area contributed by atoms with E-state index in [0.29, 0.717) is 0 Å². The fraction of sp³-hybridized carbons (Fsp3) is 0.571. The predicted octanol–water partition coefficient (Wildman–Crippen LogP) is 2.29. The molecule has 0 saturated heterocycles. The smallest absolute Gasteiger partial charge is 0.0843 e. The van der Waals surface area contributed by atoms with Crippen LogP contribution in [0.1, 0.15) is 44.7 Å². The molecule has 2 rings (SSSR count). The topological polar surface area (TPSA) is 46.2 Å². The molecule has 0 bridgehead atoms. The first-order chi connectivity index (χ1) is 7.38. The first kappa shape index (κ1) is 11.6. The van der Waals surface area contributed by atoms with Crippen molar-refractivity contribution in [2.45, 2.75) is 50.7 Å². The summed E-state index contributed by atoms with van der Waals surface area (Å²) in [4.78, 5) is 0. The molecule has 0 radical (unpaired) electrons. The summed E-state index contributed by atoms with van der Waals surface area (Å²) in [6.07, 6.45) is 2.27. The molecule has 16 heavy (non-hydrogen) atoms. The lowest BCUT2D eigenvalue weighted by Crippen LogP contribution is -2.34. The fourth-order valence-corrected chi connectivity index (χ4v) is 2.56. The van der Waals surface area contributed by atoms with Gasteiger partial charge in [0.05, 0.1) is 5.60 Å². The normalized spacial score (nSPS) is 20.6. The molecule has 1 fully saturated rings. The van der Waals surface area contributed by atoms with Crippen molar-refractivity contribution >= 4 is 0 Å². The van der Waals surface area contributed by atoms with Gasteiger partial charge in [-0.05, 0) is 44.7 Å². The van der Waals surface area contributed by atoms with Crippen LogP contribution in [0, 0.1) is 0 Å². The second kappa shape index (κ2) is 3.57. The van der Waals surface area contributed by atoms with E-state index < -0.39 is 5.60 Å². The van der Waals surface area contributed by atoms with Crippen molar-refractivity contribution in [3.8, 4) is 0 Å². The van der Waals surface area contributed by atoms with E-state index in [-0.39, 0.29) is 11.5 Å². The largest absolute Gasteiger partial charge is 0.386 e. The molecule has 1 aromatic carbocycles. The molecule has 3 N–H and O–H groups in total. The van der Waals surface area contributed by atoms with Crippen LogP contribution in [0.15, 0.2) is 24.3 Å². The van der Waals surface area contributed by atoms with E-state index >= 15 is 0 Å². The second-order valence-electron chi connectivity index (χ2n) is 5.55. The third kappa shape index (κ3) is 1.76. The predicted molar refractivity (Wildman–Crippen MR) is 66.2 cm³/mol. The van der Waals surface area contributed by atoms with E-state index in [1.165, 1.54) is 5.56 Å². The van der Waals surface area contributed by atoms with Gasteiger partial charge in [0, 0.05) is 11.5 Å². The van der Waals surface area contributed by atoms with Gasteiger partial charge in [0.2, 0.25) is 0 Å². The third-order valence-electron chi connectivity index (χ3n) is 3.78. The number of hydrogen-bond acceptors (Lipinski definition) is 2. The Labute approximate surface area is 97.5 Å². The molecule has 88 valence electrons. The molecule has 1 aromatic rings. The van der Waals surface area contributed by atoms with E-state index in [4.69, 9.17) is 5.73 Å². The first-order valence-electron chi connectivity index (χ1n) is 5.96. The molecule has 0 aromatic heterocycles. The van der Waals surface area contributed by atoms with E-state index in [1.54, 1.807) is 0 Å². The van der Waals surface area contributed by atoms with Crippen LogP contribution < -0.4 is 5.73 Å². The van der Waals surface area contributed by atoms with Gasteiger partial charge < -0.3 is 10.8 Å². The highest BCUT2D eigenvalue weighted by atomic mass is 16.3. The SMILES string of the molecule is CC(N)C1(c2ccccc2C(C)(C)O)CC1. The molecule has 0 spiro atoms. The molecule has 2 nitrogen and oxygen atoms in total. The number of hydrogen-bond donors (Lipinski definition) is 2. The van der Waals surface area contributed by atoms with Crippen LogP contribution >= 0.6 is 0 Å². The van der Waals surface area contributed by atoms with E-state index in [9.17, 15) is 5.11 Å². The van der Waals surface area contributed by atoms with Gasteiger partial charge in [-0.1, -0.05) is 24.3 Å². The van der Waals surface area contributed by atoms with Gasteiger partial charge in [-0.2, -0.15) is 0 Å². The Balaban J connectivity index is 2.50. The molecule has 1 saturated carbocycles. The Morgan fingerprint density at radius 3 is 2.31 bits per heavy atom. The lowest BCUT2D eigenvalue weighted by Gasteiger charge is -2.28. The van der Waals surface area contributed by atoms with Crippen molar-refractivity contribution in [1.29, 1.82) is 0 Å². The maximum atomic E-state index is 10.2. The highest BCUT2D eigenvalue weighted by molar-refractivity contribution is 5.42. The summed E-state index contributed by atoms with van der Waals surface area (Å²) in [5.74, 6) is 0. The highest BCUT2D eigenvalue weighted by Crippen LogP contribution is 2.52. The second-order valence-corrected chi connectivity index (χ2v) is 5.55. The van der Waals surface area contributed by atoms with Crippen molar-refractivity contribution in [2.24, 2.45) is 5.73 Å². The molecule has 1 atom stereocenters. The summed E-state index contributed by atoms with van der Waals surface area (Å²) < 4.78 is 0. The summed E-state index contributed by atoms with van der Waals surface area (Å²) in [6, 6.07) is 8.29. The summed E-state index contributed by atoms with van der Waals surface area (Å²) >= 11 is 0. The van der Waals surface area contributed by atoms with Crippen molar-refractivity contribution in [3.63, 3.8) is 0 Å². The molecule has 0 amide bonds. The van der Waals surface area contributed by atoms with Crippen LogP contribution in [0.5, 0.6) is 0 Å². The lowest BCUT2D eigenvalue weighted by atomic mass is 9.81. The molecular weight excluding hydrogens is 198 g/mol. The highest BCUT2D eigenvalue weighted by Gasteiger charge is 2.49. The van der Waals surface area contributed by atoms with Gasteiger partial charge in [0.15, 0.2) is 0 Å². The number of rotatable bonds is 3. The molecular formula is C14H21NO. The summed E-state index contributed by atoms with van der Waals surface area (Å²) in [5, 5.41) is 10.2. The molecule has 1 unspecified atom stereocenters. The van der Waals surface area contributed by atoms with Crippen molar-refractivity contribution in [3.05, 3.63) is 35.4 Å². The van der Waals surface area contributed by atoms with Gasteiger partial charge in [0.25, 0.3) is 0 Å². The van der Waals surface area contributed by atoms with Gasteiger partial charge >= 0.3 is 0 Å². The summed E-state index contributed by atoms with van der Waals surface area (Å²) in [5.41, 5.74) is 7.66. The lowest BCUT2D eigenvalue weighted by molar-refractivity contribution is 0.0768. The van der Waals surface area contributed by atoms with Crippen molar-refractivity contribution in [2.75, 3.05) is 0 Å². The van der Waals surface area contributed by atoms with Gasteiger partial charge in [0.1, 0.15) is 0 Å². The third-order valence-corrected chi connectivity index (χ3v) is 3.78. The monoisotopic (exact) mass is 219 g/mol. The molecule has 0 aliphatic heterocycles. The number of benzene rings is 1. The van der Waals surface area contributed by atoms with Crippen molar-refractivity contribution < 1.29 is 5.11 Å². The van der Waals surface area contributed by atoms with E-state index in [0.717, 1.165) is 18.4 Å².